The monoisotopic (exact) mass is 399 g/mol. The van der Waals surface area contributed by atoms with Crippen LogP contribution < -0.4 is 10.1 Å². The number of hydrogen-bond acceptors (Lipinski definition) is 5. The van der Waals surface area contributed by atoms with E-state index < -0.39 is 5.97 Å². The number of thiophene rings is 1. The zero-order valence-electron chi connectivity index (χ0n) is 16.2. The predicted octanol–water partition coefficient (Wildman–Crippen LogP) is 4.85. The van der Waals surface area contributed by atoms with Crippen LogP contribution in [0.25, 0.3) is 6.08 Å². The lowest BCUT2D eigenvalue weighted by Crippen LogP contribution is -2.12. The van der Waals surface area contributed by atoms with Crippen LogP contribution >= 0.6 is 11.3 Å². The zero-order valence-corrected chi connectivity index (χ0v) is 17.1. The van der Waals surface area contributed by atoms with E-state index in [0.717, 1.165) is 49.0 Å². The number of nitrogens with one attached hydrogen (secondary N) is 1. The molecule has 0 bridgehead atoms. The SMILES string of the molecule is CCCCOc1ccc(C=CC(=O)Nc2sc3c(c2C(=O)OC)CCC3)cc1. The Labute approximate surface area is 169 Å². The van der Waals surface area contributed by atoms with Gasteiger partial charge < -0.3 is 14.8 Å². The largest absolute Gasteiger partial charge is 0.494 e. The molecule has 1 aliphatic carbocycles. The maximum Gasteiger partial charge on any atom is 0.341 e. The first-order chi connectivity index (χ1) is 13.6. The van der Waals surface area contributed by atoms with Crippen molar-refractivity contribution in [2.24, 2.45) is 0 Å². The fourth-order valence-corrected chi connectivity index (χ4v) is 4.43. The second-order valence-corrected chi connectivity index (χ2v) is 7.75. The van der Waals surface area contributed by atoms with Gasteiger partial charge in [-0.1, -0.05) is 25.5 Å². The van der Waals surface area contributed by atoms with Gasteiger partial charge in [0.25, 0.3) is 0 Å². The third-order valence-corrected chi connectivity index (χ3v) is 5.83. The Morgan fingerprint density at radius 2 is 2.00 bits per heavy atom. The average Bonchev–Trinajstić information content (AvgIpc) is 3.28. The summed E-state index contributed by atoms with van der Waals surface area (Å²) in [6.45, 7) is 2.84. The Morgan fingerprint density at radius 1 is 1.21 bits per heavy atom. The molecule has 1 amide bonds. The van der Waals surface area contributed by atoms with Gasteiger partial charge in [-0.2, -0.15) is 0 Å². The fourth-order valence-electron chi connectivity index (χ4n) is 3.15. The number of carbonyl (C=O) groups excluding carboxylic acids is 2. The molecule has 1 heterocycles. The molecule has 1 aliphatic rings. The normalized spacial score (nSPS) is 12.8. The number of amides is 1. The van der Waals surface area contributed by atoms with Crippen LogP contribution in [0.5, 0.6) is 5.75 Å². The molecule has 28 heavy (non-hydrogen) atoms. The Balaban J connectivity index is 1.64. The molecule has 0 unspecified atom stereocenters. The lowest BCUT2D eigenvalue weighted by molar-refractivity contribution is -0.111. The molecule has 0 aliphatic heterocycles. The van der Waals surface area contributed by atoms with Crippen LogP contribution in [0.3, 0.4) is 0 Å². The van der Waals surface area contributed by atoms with E-state index in [0.29, 0.717) is 17.2 Å². The lowest BCUT2D eigenvalue weighted by atomic mass is 10.1. The van der Waals surface area contributed by atoms with Gasteiger partial charge in [-0.3, -0.25) is 4.79 Å². The van der Waals surface area contributed by atoms with Crippen molar-refractivity contribution in [3.8, 4) is 5.75 Å². The van der Waals surface area contributed by atoms with E-state index in [9.17, 15) is 9.59 Å². The molecule has 0 saturated carbocycles. The van der Waals surface area contributed by atoms with E-state index in [1.807, 2.05) is 24.3 Å². The summed E-state index contributed by atoms with van der Waals surface area (Å²) in [5, 5.41) is 3.41. The molecule has 0 fully saturated rings. The number of carbonyl (C=O) groups is 2. The van der Waals surface area contributed by atoms with Gasteiger partial charge in [-0.05, 0) is 55.0 Å². The average molecular weight is 400 g/mol. The number of aryl methyl sites for hydroxylation is 1. The van der Waals surface area contributed by atoms with Gasteiger partial charge in [0.05, 0.1) is 19.3 Å². The summed E-state index contributed by atoms with van der Waals surface area (Å²) >= 11 is 1.47. The van der Waals surface area contributed by atoms with Gasteiger partial charge in [0.15, 0.2) is 0 Å². The maximum absolute atomic E-state index is 12.3. The maximum atomic E-state index is 12.3. The van der Waals surface area contributed by atoms with Crippen molar-refractivity contribution in [3.05, 3.63) is 51.9 Å². The molecule has 1 aromatic heterocycles. The number of hydrogen-bond donors (Lipinski definition) is 1. The molecular formula is C22H25NO4S. The predicted molar refractivity (Wildman–Crippen MR) is 112 cm³/mol. The second kappa shape index (κ2) is 9.55. The third kappa shape index (κ3) is 4.81. The van der Waals surface area contributed by atoms with Gasteiger partial charge in [0.2, 0.25) is 5.91 Å². The van der Waals surface area contributed by atoms with Crippen molar-refractivity contribution in [2.75, 3.05) is 19.0 Å². The first-order valence-electron chi connectivity index (χ1n) is 9.57. The minimum Gasteiger partial charge on any atom is -0.494 e. The fraction of sp³-hybridized carbons (Fsp3) is 0.364. The van der Waals surface area contributed by atoms with E-state index in [1.165, 1.54) is 29.4 Å². The van der Waals surface area contributed by atoms with Gasteiger partial charge >= 0.3 is 5.97 Å². The van der Waals surface area contributed by atoms with Gasteiger partial charge in [0, 0.05) is 11.0 Å². The van der Waals surface area contributed by atoms with Crippen LogP contribution in [0.15, 0.2) is 30.3 Å². The minimum atomic E-state index is -0.391. The van der Waals surface area contributed by atoms with Crippen molar-refractivity contribution >= 4 is 34.3 Å². The standard InChI is InChI=1S/C22H25NO4S/c1-3-4-14-27-16-11-8-15(9-12-16)10-13-19(24)23-21-20(22(25)26-2)17-6-5-7-18(17)28-21/h8-13H,3-7,14H2,1-2H3,(H,23,24). The van der Waals surface area contributed by atoms with Crippen LogP contribution in [-0.4, -0.2) is 25.6 Å². The summed E-state index contributed by atoms with van der Waals surface area (Å²) in [6.07, 6.45) is 8.18. The van der Waals surface area contributed by atoms with Crippen molar-refractivity contribution in [1.29, 1.82) is 0 Å². The number of unbranched alkanes of at least 4 members (excludes halogenated alkanes) is 1. The van der Waals surface area contributed by atoms with Crippen molar-refractivity contribution in [3.63, 3.8) is 0 Å². The van der Waals surface area contributed by atoms with E-state index in [2.05, 4.69) is 12.2 Å². The van der Waals surface area contributed by atoms with Crippen LogP contribution in [0.2, 0.25) is 0 Å². The molecule has 0 atom stereocenters. The highest BCUT2D eigenvalue weighted by molar-refractivity contribution is 7.17. The molecule has 148 valence electrons. The molecule has 0 spiro atoms. The van der Waals surface area contributed by atoms with Crippen LogP contribution in [0, 0.1) is 0 Å². The Bertz CT molecular complexity index is 867. The molecular weight excluding hydrogens is 374 g/mol. The number of rotatable bonds is 8. The Morgan fingerprint density at radius 3 is 2.71 bits per heavy atom. The molecule has 0 radical (unpaired) electrons. The van der Waals surface area contributed by atoms with Crippen LogP contribution in [0.4, 0.5) is 5.00 Å². The topological polar surface area (TPSA) is 64.6 Å². The highest BCUT2D eigenvalue weighted by Crippen LogP contribution is 2.39. The molecule has 1 aromatic carbocycles. The van der Waals surface area contributed by atoms with Gasteiger partial charge in [0.1, 0.15) is 10.8 Å². The number of fused-ring (bicyclic) bond motifs is 1. The van der Waals surface area contributed by atoms with E-state index >= 15 is 0 Å². The van der Waals surface area contributed by atoms with E-state index in [-0.39, 0.29) is 5.91 Å². The smallest absolute Gasteiger partial charge is 0.341 e. The van der Waals surface area contributed by atoms with Crippen molar-refractivity contribution in [2.45, 2.75) is 39.0 Å². The second-order valence-electron chi connectivity index (χ2n) is 6.65. The Kier molecular flexibility index (Phi) is 6.87. The number of esters is 1. The molecule has 5 nitrogen and oxygen atoms in total. The number of methoxy groups -OCH3 is 1. The number of ether oxygens (including phenoxy) is 2. The summed E-state index contributed by atoms with van der Waals surface area (Å²) in [5.74, 6) is 0.163. The summed E-state index contributed by atoms with van der Waals surface area (Å²) in [6, 6.07) is 7.61. The third-order valence-electron chi connectivity index (χ3n) is 4.62. The van der Waals surface area contributed by atoms with Crippen molar-refractivity contribution in [1.82, 2.24) is 0 Å². The number of anilines is 1. The van der Waals surface area contributed by atoms with Crippen LogP contribution in [-0.2, 0) is 22.4 Å². The van der Waals surface area contributed by atoms with E-state index in [1.54, 1.807) is 6.08 Å². The summed E-state index contributed by atoms with van der Waals surface area (Å²) < 4.78 is 10.5. The first kappa shape index (κ1) is 20.1. The summed E-state index contributed by atoms with van der Waals surface area (Å²) in [5.41, 5.74) is 2.44. The molecule has 1 N–H and O–H groups in total. The highest BCUT2D eigenvalue weighted by atomic mass is 32.1. The minimum absolute atomic E-state index is 0.270. The van der Waals surface area contributed by atoms with E-state index in [4.69, 9.17) is 9.47 Å². The quantitative estimate of drug-likeness (QED) is 0.391. The van der Waals surface area contributed by atoms with Gasteiger partial charge in [-0.15, -0.1) is 11.3 Å². The Hall–Kier alpha value is -2.60. The molecule has 3 rings (SSSR count). The molecule has 6 heteroatoms. The number of benzene rings is 1. The van der Waals surface area contributed by atoms with Crippen LogP contribution in [0.1, 0.15) is 52.5 Å². The summed E-state index contributed by atoms with van der Waals surface area (Å²) in [4.78, 5) is 25.7. The van der Waals surface area contributed by atoms with Crippen molar-refractivity contribution < 1.29 is 19.1 Å². The molecule has 2 aromatic rings. The zero-order chi connectivity index (χ0) is 19.9. The van der Waals surface area contributed by atoms with Gasteiger partial charge in [-0.25, -0.2) is 4.79 Å². The lowest BCUT2D eigenvalue weighted by Gasteiger charge is -2.06. The summed E-state index contributed by atoms with van der Waals surface area (Å²) in [7, 11) is 1.36. The molecule has 0 saturated heterocycles. The highest BCUT2D eigenvalue weighted by Gasteiger charge is 2.27. The first-order valence-corrected chi connectivity index (χ1v) is 10.4.